The van der Waals surface area contributed by atoms with Crippen LogP contribution in [0.3, 0.4) is 0 Å². The van der Waals surface area contributed by atoms with Gasteiger partial charge < -0.3 is 18.9 Å². The van der Waals surface area contributed by atoms with Gasteiger partial charge in [0.2, 0.25) is 6.79 Å². The largest absolute Gasteiger partial charge is 0.493 e. The predicted octanol–water partition coefficient (Wildman–Crippen LogP) is 6.45. The third-order valence-corrected chi connectivity index (χ3v) is 7.34. The lowest BCUT2D eigenvalue weighted by atomic mass is 10.1. The first-order valence-corrected chi connectivity index (χ1v) is 12.9. The van der Waals surface area contributed by atoms with Gasteiger partial charge in [0, 0.05) is 23.2 Å². The number of nitro groups is 1. The number of nitrogens with zero attached hydrogens (tertiary/aromatic N) is 2. The lowest BCUT2D eigenvalue weighted by Crippen LogP contribution is -2.27. The maximum absolute atomic E-state index is 13.1. The highest BCUT2D eigenvalue weighted by Crippen LogP contribution is 2.41. The molecule has 0 bridgehead atoms. The van der Waals surface area contributed by atoms with Gasteiger partial charge in [0.15, 0.2) is 23.0 Å². The zero-order valence-corrected chi connectivity index (χ0v) is 22.5. The quantitative estimate of drug-likeness (QED) is 0.166. The Kier molecular flexibility index (Phi) is 7.56. The molecular formula is C26H18Cl2N2O8S. The minimum absolute atomic E-state index is 0.0123. The lowest BCUT2D eigenvalue weighted by molar-refractivity contribution is -0.384. The van der Waals surface area contributed by atoms with Crippen molar-refractivity contribution in [2.45, 2.75) is 13.2 Å². The summed E-state index contributed by atoms with van der Waals surface area (Å²) in [5.41, 5.74) is 1.56. The number of hydrogen-bond donors (Lipinski definition) is 0. The number of fused-ring (bicyclic) bond motifs is 1. The molecule has 1 fully saturated rings. The lowest BCUT2D eigenvalue weighted by Gasteiger charge is -2.14. The van der Waals surface area contributed by atoms with Crippen molar-refractivity contribution < 1.29 is 33.5 Å². The highest BCUT2D eigenvalue weighted by molar-refractivity contribution is 8.18. The van der Waals surface area contributed by atoms with Gasteiger partial charge in [-0.2, -0.15) is 0 Å². The number of nitro benzene ring substituents is 1. The van der Waals surface area contributed by atoms with Crippen LogP contribution in [0.2, 0.25) is 10.0 Å². The van der Waals surface area contributed by atoms with Crippen molar-refractivity contribution in [3.05, 3.63) is 90.3 Å². The molecule has 0 unspecified atom stereocenters. The van der Waals surface area contributed by atoms with Crippen molar-refractivity contribution in [1.29, 1.82) is 0 Å². The fourth-order valence-electron chi connectivity index (χ4n) is 3.92. The molecule has 0 saturated carbocycles. The van der Waals surface area contributed by atoms with Gasteiger partial charge in [0.25, 0.3) is 16.8 Å². The molecule has 3 aromatic rings. The van der Waals surface area contributed by atoms with Crippen LogP contribution >= 0.6 is 35.0 Å². The zero-order chi connectivity index (χ0) is 27.7. The first-order chi connectivity index (χ1) is 18.7. The van der Waals surface area contributed by atoms with Crippen LogP contribution in [0.1, 0.15) is 16.7 Å². The summed E-state index contributed by atoms with van der Waals surface area (Å²) in [4.78, 5) is 37.6. The normalized spacial score (nSPS) is 15.3. The highest BCUT2D eigenvalue weighted by Gasteiger charge is 2.36. The summed E-state index contributed by atoms with van der Waals surface area (Å²) >= 11 is 13.6. The topological polar surface area (TPSA) is 117 Å². The summed E-state index contributed by atoms with van der Waals surface area (Å²) < 4.78 is 21.9. The van der Waals surface area contributed by atoms with E-state index in [1.807, 2.05) is 0 Å². The molecule has 0 N–H and O–H groups in total. The highest BCUT2D eigenvalue weighted by atomic mass is 35.5. The van der Waals surface area contributed by atoms with Gasteiger partial charge in [-0.15, -0.1) is 0 Å². The number of non-ortho nitro benzene ring substituents is 1. The van der Waals surface area contributed by atoms with E-state index in [9.17, 15) is 19.7 Å². The van der Waals surface area contributed by atoms with Gasteiger partial charge in [-0.1, -0.05) is 35.3 Å². The molecule has 10 nitrogen and oxygen atoms in total. The molecule has 39 heavy (non-hydrogen) atoms. The van der Waals surface area contributed by atoms with Crippen LogP contribution in [0.5, 0.6) is 23.0 Å². The molecule has 1 saturated heterocycles. The summed E-state index contributed by atoms with van der Waals surface area (Å²) in [6.07, 6.45) is 1.53. The van der Waals surface area contributed by atoms with Crippen LogP contribution in [0.15, 0.2) is 53.4 Å². The standard InChI is InChI=1S/C26H18Cl2N2O8S/c1-35-22-7-15(6-19(28)24(22)36-12-14-3-2-4-17(5-14)30(33)34)8-23-25(31)29(26(32)39-23)11-16-9-20-21(10-18(16)27)38-13-37-20/h2-10H,11-13H2,1H3/b23-8-. The van der Waals surface area contributed by atoms with Crippen LogP contribution in [-0.2, 0) is 17.9 Å². The summed E-state index contributed by atoms with van der Waals surface area (Å²) in [5.74, 6) is 1.02. The molecule has 5 rings (SSSR count). The number of thioether (sulfide) groups is 1. The number of amides is 2. The van der Waals surface area contributed by atoms with Gasteiger partial charge in [-0.25, -0.2) is 0 Å². The average Bonchev–Trinajstić information content (AvgIpc) is 3.46. The minimum Gasteiger partial charge on any atom is -0.493 e. The van der Waals surface area contributed by atoms with E-state index < -0.39 is 16.1 Å². The molecule has 2 amide bonds. The van der Waals surface area contributed by atoms with E-state index in [4.69, 9.17) is 42.1 Å². The molecule has 13 heteroatoms. The molecule has 0 aromatic heterocycles. The smallest absolute Gasteiger partial charge is 0.293 e. The number of imide groups is 1. The fourth-order valence-corrected chi connectivity index (χ4v) is 5.24. The Hall–Kier alpha value is -3.93. The third kappa shape index (κ3) is 5.60. The summed E-state index contributed by atoms with van der Waals surface area (Å²) in [6, 6.07) is 12.5. The summed E-state index contributed by atoms with van der Waals surface area (Å²) in [5, 5.41) is 11.1. The second-order valence-corrected chi connectivity index (χ2v) is 10.1. The fraction of sp³-hybridized carbons (Fsp3) is 0.154. The Bertz CT molecular complexity index is 1540. The molecule has 0 atom stereocenters. The minimum atomic E-state index is -0.489. The molecule has 2 aliphatic rings. The van der Waals surface area contributed by atoms with Gasteiger partial charge in [-0.05, 0) is 52.7 Å². The van der Waals surface area contributed by atoms with E-state index >= 15 is 0 Å². The number of methoxy groups -OCH3 is 1. The van der Waals surface area contributed by atoms with Gasteiger partial charge >= 0.3 is 0 Å². The van der Waals surface area contributed by atoms with Gasteiger partial charge in [0.1, 0.15) is 6.61 Å². The first-order valence-electron chi connectivity index (χ1n) is 11.3. The third-order valence-electron chi connectivity index (χ3n) is 5.80. The maximum atomic E-state index is 13.1. The molecule has 200 valence electrons. The molecule has 3 aromatic carbocycles. The number of rotatable bonds is 8. The van der Waals surface area contributed by atoms with Crippen molar-refractivity contribution in [1.82, 2.24) is 4.90 Å². The predicted molar refractivity (Wildman–Crippen MR) is 145 cm³/mol. The summed E-state index contributed by atoms with van der Waals surface area (Å²) in [7, 11) is 1.43. The van der Waals surface area contributed by atoms with Gasteiger partial charge in [-0.3, -0.25) is 24.6 Å². The van der Waals surface area contributed by atoms with Crippen LogP contribution in [0, 0.1) is 10.1 Å². The number of benzene rings is 3. The van der Waals surface area contributed by atoms with E-state index in [0.717, 1.165) is 16.7 Å². The number of carbonyl (C=O) groups excluding carboxylic acids is 2. The zero-order valence-electron chi connectivity index (χ0n) is 20.1. The Balaban J connectivity index is 1.34. The number of halogens is 2. The molecular weight excluding hydrogens is 571 g/mol. The number of ether oxygens (including phenoxy) is 4. The maximum Gasteiger partial charge on any atom is 0.293 e. The number of carbonyl (C=O) groups is 2. The number of hydrogen-bond acceptors (Lipinski definition) is 9. The van der Waals surface area contributed by atoms with Crippen molar-refractivity contribution in [2.24, 2.45) is 0 Å². The Morgan fingerprint density at radius 2 is 1.87 bits per heavy atom. The summed E-state index contributed by atoms with van der Waals surface area (Å²) in [6.45, 7) is 0.0501. The average molecular weight is 589 g/mol. The Morgan fingerprint density at radius 3 is 2.62 bits per heavy atom. The molecule has 2 heterocycles. The second kappa shape index (κ2) is 11.0. The van der Waals surface area contributed by atoms with Crippen LogP contribution in [0.4, 0.5) is 10.5 Å². The Morgan fingerprint density at radius 1 is 1.10 bits per heavy atom. The molecule has 0 spiro atoms. The van der Waals surface area contributed by atoms with Crippen LogP contribution < -0.4 is 18.9 Å². The monoisotopic (exact) mass is 588 g/mol. The van der Waals surface area contributed by atoms with E-state index in [0.29, 0.717) is 33.2 Å². The van der Waals surface area contributed by atoms with E-state index in [1.165, 1.54) is 25.3 Å². The van der Waals surface area contributed by atoms with Crippen molar-refractivity contribution >= 4 is 57.9 Å². The van der Waals surface area contributed by atoms with Crippen LogP contribution in [-0.4, -0.2) is 34.9 Å². The van der Waals surface area contributed by atoms with Crippen molar-refractivity contribution in [2.75, 3.05) is 13.9 Å². The first kappa shape index (κ1) is 26.7. The van der Waals surface area contributed by atoms with Gasteiger partial charge in [0.05, 0.1) is 28.5 Å². The molecule has 2 aliphatic heterocycles. The Labute approximate surface area is 236 Å². The van der Waals surface area contributed by atoms with Crippen molar-refractivity contribution in [3.63, 3.8) is 0 Å². The molecule has 0 aliphatic carbocycles. The van der Waals surface area contributed by atoms with E-state index in [2.05, 4.69) is 0 Å². The van der Waals surface area contributed by atoms with E-state index in [1.54, 1.807) is 36.4 Å². The second-order valence-electron chi connectivity index (χ2n) is 8.31. The SMILES string of the molecule is COc1cc(/C=C2\SC(=O)N(Cc3cc4c(cc3Cl)OCO4)C2=O)cc(Cl)c1OCc1cccc([N+](=O)[O-])c1. The van der Waals surface area contributed by atoms with Crippen LogP contribution in [0.25, 0.3) is 6.08 Å². The molecule has 0 radical (unpaired) electrons. The van der Waals surface area contributed by atoms with Crippen molar-refractivity contribution in [3.8, 4) is 23.0 Å². The van der Waals surface area contributed by atoms with E-state index in [-0.39, 0.29) is 47.1 Å².